The van der Waals surface area contributed by atoms with Crippen molar-refractivity contribution >= 4 is 34.9 Å². The molecular weight excluding hydrogens is 471 g/mol. The Morgan fingerprint density at radius 2 is 1.54 bits per heavy atom. The lowest BCUT2D eigenvalue weighted by atomic mass is 9.90. The molecule has 0 aliphatic rings. The molecule has 0 aliphatic carbocycles. The number of oxime groups is 1. The molecule has 1 atom stereocenters. The topological polar surface area (TPSA) is 90.2 Å². The normalized spacial score (nSPS) is 13.2. The van der Waals surface area contributed by atoms with Crippen LogP contribution in [-0.2, 0) is 9.59 Å². The van der Waals surface area contributed by atoms with E-state index in [9.17, 15) is 19.9 Å². The Hall–Kier alpha value is -3.71. The first-order valence-corrected chi connectivity index (χ1v) is 11.5. The van der Waals surface area contributed by atoms with Gasteiger partial charge in [0, 0.05) is 36.5 Å². The molecule has 0 aromatic heterocycles. The Labute approximate surface area is 208 Å². The van der Waals surface area contributed by atoms with Crippen molar-refractivity contribution in [3.05, 3.63) is 89.4 Å². The van der Waals surface area contributed by atoms with Gasteiger partial charge in [0.05, 0.1) is 5.71 Å². The molecule has 3 rings (SSSR count). The number of carboxylic acid groups (broad SMARTS) is 1. The van der Waals surface area contributed by atoms with Crippen molar-refractivity contribution < 1.29 is 24.3 Å². The first-order chi connectivity index (χ1) is 16.8. The third kappa shape index (κ3) is 6.45. The van der Waals surface area contributed by atoms with Gasteiger partial charge in [-0.25, -0.2) is 9.18 Å². The van der Waals surface area contributed by atoms with E-state index < -0.39 is 30.4 Å². The number of benzene rings is 3. The molecule has 0 heterocycles. The molecule has 0 saturated heterocycles. The van der Waals surface area contributed by atoms with Crippen LogP contribution in [-0.4, -0.2) is 40.1 Å². The SMILES string of the molecule is CCN(C(=O)CCC(F)(CC(=NO)c1ccc(-c2ccc(Cl)cc2)cc1)C(=O)O)c1ccccc1. The van der Waals surface area contributed by atoms with Crippen molar-refractivity contribution in [2.75, 3.05) is 11.4 Å². The Morgan fingerprint density at radius 1 is 0.971 bits per heavy atom. The second-order valence-electron chi connectivity index (χ2n) is 8.05. The van der Waals surface area contributed by atoms with Gasteiger partial charge < -0.3 is 15.2 Å². The summed E-state index contributed by atoms with van der Waals surface area (Å²) < 4.78 is 15.6. The van der Waals surface area contributed by atoms with E-state index in [-0.39, 0.29) is 12.1 Å². The molecular formula is C27H26ClFN2O4. The fraction of sp³-hybridized carbons (Fsp3) is 0.222. The van der Waals surface area contributed by atoms with Crippen LogP contribution < -0.4 is 4.90 Å². The molecule has 0 radical (unpaired) electrons. The minimum atomic E-state index is -2.79. The van der Waals surface area contributed by atoms with Crippen LogP contribution in [0.2, 0.25) is 5.02 Å². The first-order valence-electron chi connectivity index (χ1n) is 11.1. The number of alkyl halides is 1. The van der Waals surface area contributed by atoms with Crippen LogP contribution in [0, 0.1) is 0 Å². The number of carboxylic acids is 1. The quantitative estimate of drug-likeness (QED) is 0.198. The van der Waals surface area contributed by atoms with Crippen LogP contribution in [0.4, 0.5) is 10.1 Å². The number of rotatable bonds is 10. The monoisotopic (exact) mass is 496 g/mol. The Bertz CT molecular complexity index is 1180. The number of hydrogen-bond acceptors (Lipinski definition) is 4. The minimum absolute atomic E-state index is 0.125. The van der Waals surface area contributed by atoms with Crippen LogP contribution in [0.5, 0.6) is 0 Å². The number of nitrogens with zero attached hydrogens (tertiary/aromatic N) is 2. The molecule has 3 aromatic carbocycles. The van der Waals surface area contributed by atoms with Crippen molar-refractivity contribution in [1.82, 2.24) is 0 Å². The van der Waals surface area contributed by atoms with Crippen molar-refractivity contribution in [3.8, 4) is 11.1 Å². The summed E-state index contributed by atoms with van der Waals surface area (Å²) in [5.41, 5.74) is -0.120. The smallest absolute Gasteiger partial charge is 0.341 e. The summed E-state index contributed by atoms with van der Waals surface area (Å²) in [6.07, 6.45) is -1.57. The molecule has 0 bridgehead atoms. The predicted octanol–water partition coefficient (Wildman–Crippen LogP) is 6.20. The fourth-order valence-corrected chi connectivity index (χ4v) is 3.91. The van der Waals surface area contributed by atoms with E-state index in [1.165, 1.54) is 4.90 Å². The van der Waals surface area contributed by atoms with Crippen molar-refractivity contribution in [2.24, 2.45) is 5.16 Å². The predicted molar refractivity (Wildman–Crippen MR) is 135 cm³/mol. The zero-order chi connectivity index (χ0) is 25.4. The molecule has 0 saturated carbocycles. The van der Waals surface area contributed by atoms with Crippen LogP contribution in [0.1, 0.15) is 31.7 Å². The maximum atomic E-state index is 15.6. The van der Waals surface area contributed by atoms with Gasteiger partial charge in [0.25, 0.3) is 0 Å². The molecule has 0 aliphatic heterocycles. The molecule has 2 N–H and O–H groups in total. The van der Waals surface area contributed by atoms with Gasteiger partial charge in [0.2, 0.25) is 11.6 Å². The summed E-state index contributed by atoms with van der Waals surface area (Å²) in [5.74, 6) is -2.11. The van der Waals surface area contributed by atoms with Gasteiger partial charge in [-0.3, -0.25) is 4.79 Å². The second kappa shape index (κ2) is 11.6. The summed E-state index contributed by atoms with van der Waals surface area (Å²) in [6, 6.07) is 22.9. The van der Waals surface area contributed by atoms with Gasteiger partial charge in [-0.2, -0.15) is 0 Å². The summed E-state index contributed by atoms with van der Waals surface area (Å²) >= 11 is 5.92. The van der Waals surface area contributed by atoms with Gasteiger partial charge in [0.1, 0.15) is 0 Å². The number of para-hydroxylation sites is 1. The van der Waals surface area contributed by atoms with Gasteiger partial charge in [-0.15, -0.1) is 0 Å². The van der Waals surface area contributed by atoms with Crippen LogP contribution in [0.3, 0.4) is 0 Å². The molecule has 0 spiro atoms. The van der Waals surface area contributed by atoms with Gasteiger partial charge in [-0.1, -0.05) is 71.4 Å². The van der Waals surface area contributed by atoms with Crippen molar-refractivity contribution in [2.45, 2.75) is 31.9 Å². The highest BCUT2D eigenvalue weighted by Crippen LogP contribution is 2.28. The summed E-state index contributed by atoms with van der Waals surface area (Å²) in [4.78, 5) is 26.1. The summed E-state index contributed by atoms with van der Waals surface area (Å²) in [6.45, 7) is 2.15. The molecule has 182 valence electrons. The Morgan fingerprint density at radius 3 is 2.06 bits per heavy atom. The number of aliphatic carboxylic acids is 1. The van der Waals surface area contributed by atoms with E-state index in [2.05, 4.69) is 5.16 Å². The van der Waals surface area contributed by atoms with E-state index in [4.69, 9.17) is 11.6 Å². The maximum Gasteiger partial charge on any atom is 0.341 e. The van der Waals surface area contributed by atoms with E-state index in [1.807, 2.05) is 18.2 Å². The minimum Gasteiger partial charge on any atom is -0.479 e. The number of hydrogen-bond donors (Lipinski definition) is 2. The maximum absolute atomic E-state index is 15.6. The average Bonchev–Trinajstić information content (AvgIpc) is 2.88. The van der Waals surface area contributed by atoms with Gasteiger partial charge >= 0.3 is 5.97 Å². The zero-order valence-electron chi connectivity index (χ0n) is 19.2. The van der Waals surface area contributed by atoms with Gasteiger partial charge in [-0.05, 0) is 47.9 Å². The standard InChI is InChI=1S/C27H26ClFN2O4/c1-2-31(23-6-4-3-5-7-23)25(32)16-17-27(29,26(33)34)18-24(30-35)21-10-8-19(9-11-21)20-12-14-22(28)15-13-20/h3-15,35H,2,16-18H2,1H3,(H,33,34). The lowest BCUT2D eigenvalue weighted by molar-refractivity contribution is -0.151. The third-order valence-electron chi connectivity index (χ3n) is 5.77. The van der Waals surface area contributed by atoms with E-state index in [1.54, 1.807) is 67.6 Å². The van der Waals surface area contributed by atoms with Gasteiger partial charge in [0.15, 0.2) is 0 Å². The number of amides is 1. The van der Waals surface area contributed by atoms with Crippen LogP contribution in [0.15, 0.2) is 84.0 Å². The number of carbonyl (C=O) groups excluding carboxylic acids is 1. The Balaban J connectivity index is 1.73. The first kappa shape index (κ1) is 25.9. The highest BCUT2D eigenvalue weighted by molar-refractivity contribution is 6.30. The second-order valence-corrected chi connectivity index (χ2v) is 8.49. The summed E-state index contributed by atoms with van der Waals surface area (Å²) in [5, 5.41) is 22.9. The molecule has 1 amide bonds. The lowest BCUT2D eigenvalue weighted by Gasteiger charge is -2.24. The molecule has 0 fully saturated rings. The fourth-order valence-electron chi connectivity index (χ4n) is 3.78. The number of carbonyl (C=O) groups is 2. The average molecular weight is 497 g/mol. The molecule has 8 heteroatoms. The lowest BCUT2D eigenvalue weighted by Crippen LogP contribution is -2.39. The summed E-state index contributed by atoms with van der Waals surface area (Å²) in [7, 11) is 0. The molecule has 6 nitrogen and oxygen atoms in total. The number of anilines is 1. The van der Waals surface area contributed by atoms with E-state index >= 15 is 4.39 Å². The van der Waals surface area contributed by atoms with Crippen molar-refractivity contribution in [1.29, 1.82) is 0 Å². The van der Waals surface area contributed by atoms with E-state index in [0.717, 1.165) is 11.1 Å². The third-order valence-corrected chi connectivity index (χ3v) is 6.02. The highest BCUT2D eigenvalue weighted by atomic mass is 35.5. The van der Waals surface area contributed by atoms with Crippen LogP contribution in [0.25, 0.3) is 11.1 Å². The highest BCUT2D eigenvalue weighted by Gasteiger charge is 2.41. The molecule has 35 heavy (non-hydrogen) atoms. The largest absolute Gasteiger partial charge is 0.479 e. The molecule has 1 unspecified atom stereocenters. The van der Waals surface area contributed by atoms with Crippen molar-refractivity contribution in [3.63, 3.8) is 0 Å². The number of halogens is 2. The Kier molecular flexibility index (Phi) is 8.60. The molecule has 3 aromatic rings. The van der Waals surface area contributed by atoms with Crippen LogP contribution >= 0.6 is 11.6 Å². The van der Waals surface area contributed by atoms with E-state index in [0.29, 0.717) is 22.8 Å². The zero-order valence-corrected chi connectivity index (χ0v) is 20.0.